The smallest absolute Gasteiger partial charge is 0.227 e. The molecule has 0 bridgehead atoms. The third-order valence-corrected chi connectivity index (χ3v) is 4.05. The first-order valence-corrected chi connectivity index (χ1v) is 8.22. The Bertz CT molecular complexity index is 712. The van der Waals surface area contributed by atoms with E-state index in [0.29, 0.717) is 35.7 Å². The van der Waals surface area contributed by atoms with Crippen molar-refractivity contribution in [1.29, 1.82) is 0 Å². The fourth-order valence-electron chi connectivity index (χ4n) is 2.66. The van der Waals surface area contributed by atoms with Gasteiger partial charge in [0.2, 0.25) is 11.8 Å². The monoisotopic (exact) mass is 347 g/mol. The molecule has 0 aliphatic heterocycles. The van der Waals surface area contributed by atoms with Crippen LogP contribution in [0, 0.1) is 12.8 Å². The normalized spacial score (nSPS) is 12.1. The number of ether oxygens (including phenoxy) is 2. The highest BCUT2D eigenvalue weighted by molar-refractivity contribution is 5.77. The summed E-state index contributed by atoms with van der Waals surface area (Å²) in [4.78, 5) is 16.2. The first-order valence-electron chi connectivity index (χ1n) is 8.22. The second kappa shape index (κ2) is 8.50. The van der Waals surface area contributed by atoms with Gasteiger partial charge in [0, 0.05) is 19.4 Å². The Morgan fingerprint density at radius 2 is 1.96 bits per heavy atom. The molecule has 1 heterocycles. The van der Waals surface area contributed by atoms with Crippen molar-refractivity contribution in [2.45, 2.75) is 33.1 Å². The number of nitrogens with one attached hydrogen (secondary N) is 1. The number of rotatable bonds is 8. The fraction of sp³-hybridized carbons (Fsp3) is 0.500. The van der Waals surface area contributed by atoms with E-state index in [9.17, 15) is 4.79 Å². The summed E-state index contributed by atoms with van der Waals surface area (Å²) in [6, 6.07) is 5.84. The molecule has 7 heteroatoms. The van der Waals surface area contributed by atoms with Gasteiger partial charge in [0.15, 0.2) is 17.3 Å². The number of hydrogen-bond acceptors (Lipinski definition) is 6. The average Bonchev–Trinajstić information content (AvgIpc) is 2.99. The minimum atomic E-state index is -0.132. The van der Waals surface area contributed by atoms with Gasteiger partial charge >= 0.3 is 0 Å². The molecule has 1 aromatic carbocycles. The Morgan fingerprint density at radius 1 is 1.24 bits per heavy atom. The van der Waals surface area contributed by atoms with E-state index in [0.717, 1.165) is 5.56 Å². The summed E-state index contributed by atoms with van der Waals surface area (Å²) in [7, 11) is 3.22. The highest BCUT2D eigenvalue weighted by Crippen LogP contribution is 2.33. The van der Waals surface area contributed by atoms with Crippen molar-refractivity contribution < 1.29 is 18.8 Å². The SMILES string of the molecule is COc1ccc(C(CNC(=O)Cc2noc(C)n2)C(C)C)cc1OC. The topological polar surface area (TPSA) is 86.5 Å². The molecule has 0 fully saturated rings. The zero-order valence-corrected chi connectivity index (χ0v) is 15.3. The zero-order chi connectivity index (χ0) is 18.4. The van der Waals surface area contributed by atoms with Crippen LogP contribution < -0.4 is 14.8 Å². The third kappa shape index (κ3) is 4.95. The summed E-state index contributed by atoms with van der Waals surface area (Å²) in [5.41, 5.74) is 1.09. The van der Waals surface area contributed by atoms with Crippen LogP contribution in [-0.2, 0) is 11.2 Å². The largest absolute Gasteiger partial charge is 0.493 e. The fourth-order valence-corrected chi connectivity index (χ4v) is 2.66. The minimum Gasteiger partial charge on any atom is -0.493 e. The molecular weight excluding hydrogens is 322 g/mol. The number of methoxy groups -OCH3 is 2. The molecule has 7 nitrogen and oxygen atoms in total. The molecule has 1 N–H and O–H groups in total. The Balaban J connectivity index is 2.04. The highest BCUT2D eigenvalue weighted by Gasteiger charge is 2.19. The van der Waals surface area contributed by atoms with Crippen molar-refractivity contribution in [1.82, 2.24) is 15.5 Å². The number of amides is 1. The maximum absolute atomic E-state index is 12.1. The Morgan fingerprint density at radius 3 is 2.52 bits per heavy atom. The van der Waals surface area contributed by atoms with Crippen LogP contribution in [0.5, 0.6) is 11.5 Å². The Kier molecular flexibility index (Phi) is 6.38. The van der Waals surface area contributed by atoms with E-state index in [1.165, 1.54) is 0 Å². The Hall–Kier alpha value is -2.57. The van der Waals surface area contributed by atoms with Gasteiger partial charge in [-0.25, -0.2) is 0 Å². The summed E-state index contributed by atoms with van der Waals surface area (Å²) in [5, 5.41) is 6.69. The molecule has 0 saturated heterocycles. The molecule has 1 unspecified atom stereocenters. The summed E-state index contributed by atoms with van der Waals surface area (Å²) < 4.78 is 15.5. The number of benzene rings is 1. The lowest BCUT2D eigenvalue weighted by Crippen LogP contribution is -2.31. The molecule has 25 heavy (non-hydrogen) atoms. The van der Waals surface area contributed by atoms with Gasteiger partial charge in [-0.3, -0.25) is 4.79 Å². The number of nitrogens with zero attached hydrogens (tertiary/aromatic N) is 2. The van der Waals surface area contributed by atoms with Gasteiger partial charge in [0.1, 0.15) is 0 Å². The van der Waals surface area contributed by atoms with Gasteiger partial charge in [-0.15, -0.1) is 0 Å². The van der Waals surface area contributed by atoms with Crippen LogP contribution in [0.2, 0.25) is 0 Å². The van der Waals surface area contributed by atoms with Crippen molar-refractivity contribution in [3.63, 3.8) is 0 Å². The van der Waals surface area contributed by atoms with Gasteiger partial charge in [-0.1, -0.05) is 25.1 Å². The van der Waals surface area contributed by atoms with E-state index in [2.05, 4.69) is 29.3 Å². The van der Waals surface area contributed by atoms with Gasteiger partial charge in [0.05, 0.1) is 20.6 Å². The molecular formula is C18H25N3O4. The summed E-state index contributed by atoms with van der Waals surface area (Å²) in [6.07, 6.45) is 0.105. The molecule has 1 amide bonds. The van der Waals surface area contributed by atoms with Crippen molar-refractivity contribution in [3.05, 3.63) is 35.5 Å². The van der Waals surface area contributed by atoms with Crippen LogP contribution >= 0.6 is 0 Å². The number of aromatic nitrogens is 2. The molecule has 2 rings (SSSR count). The molecule has 0 saturated carbocycles. The third-order valence-electron chi connectivity index (χ3n) is 4.05. The standard InChI is InChI=1S/C18H25N3O4/c1-11(2)14(13-6-7-15(23-4)16(8-13)24-5)10-19-18(22)9-17-20-12(3)25-21-17/h6-8,11,14H,9-10H2,1-5H3,(H,19,22). The summed E-state index contributed by atoms with van der Waals surface area (Å²) >= 11 is 0. The van der Waals surface area contributed by atoms with Crippen LogP contribution in [0.25, 0.3) is 0 Å². The lowest BCUT2D eigenvalue weighted by atomic mass is 9.88. The lowest BCUT2D eigenvalue weighted by molar-refractivity contribution is -0.120. The molecule has 0 spiro atoms. The van der Waals surface area contributed by atoms with Gasteiger partial charge < -0.3 is 19.3 Å². The number of carbonyl (C=O) groups excluding carboxylic acids is 1. The molecule has 1 atom stereocenters. The summed E-state index contributed by atoms with van der Waals surface area (Å²) in [6.45, 7) is 6.45. The molecule has 0 aliphatic rings. The van der Waals surface area contributed by atoms with Crippen LogP contribution in [0.4, 0.5) is 0 Å². The lowest BCUT2D eigenvalue weighted by Gasteiger charge is -2.23. The first-order chi connectivity index (χ1) is 11.9. The maximum Gasteiger partial charge on any atom is 0.227 e. The number of aryl methyl sites for hydroxylation is 1. The molecule has 136 valence electrons. The van der Waals surface area contributed by atoms with E-state index in [-0.39, 0.29) is 18.2 Å². The quantitative estimate of drug-likeness (QED) is 0.789. The number of hydrogen-bond donors (Lipinski definition) is 1. The molecule has 2 aromatic rings. The minimum absolute atomic E-state index is 0.105. The van der Waals surface area contributed by atoms with E-state index in [4.69, 9.17) is 14.0 Å². The molecule has 0 radical (unpaired) electrons. The van der Waals surface area contributed by atoms with Crippen LogP contribution in [0.3, 0.4) is 0 Å². The van der Waals surface area contributed by atoms with Gasteiger partial charge in [-0.05, 0) is 23.6 Å². The summed E-state index contributed by atoms with van der Waals surface area (Å²) in [5.74, 6) is 2.56. The van der Waals surface area contributed by atoms with Crippen molar-refractivity contribution in [2.75, 3.05) is 20.8 Å². The van der Waals surface area contributed by atoms with Crippen molar-refractivity contribution in [2.24, 2.45) is 5.92 Å². The van der Waals surface area contributed by atoms with E-state index < -0.39 is 0 Å². The van der Waals surface area contributed by atoms with Crippen molar-refractivity contribution in [3.8, 4) is 11.5 Å². The highest BCUT2D eigenvalue weighted by atomic mass is 16.5. The maximum atomic E-state index is 12.1. The van der Waals surface area contributed by atoms with E-state index in [1.807, 2.05) is 18.2 Å². The predicted molar refractivity (Wildman–Crippen MR) is 92.9 cm³/mol. The Labute approximate surface area is 147 Å². The van der Waals surface area contributed by atoms with E-state index >= 15 is 0 Å². The zero-order valence-electron chi connectivity index (χ0n) is 15.3. The van der Waals surface area contributed by atoms with Gasteiger partial charge in [0.25, 0.3) is 0 Å². The average molecular weight is 347 g/mol. The number of carbonyl (C=O) groups is 1. The second-order valence-electron chi connectivity index (χ2n) is 6.18. The first kappa shape index (κ1) is 18.8. The van der Waals surface area contributed by atoms with Crippen LogP contribution in [-0.4, -0.2) is 36.8 Å². The van der Waals surface area contributed by atoms with Crippen molar-refractivity contribution >= 4 is 5.91 Å². The molecule has 0 aliphatic carbocycles. The van der Waals surface area contributed by atoms with E-state index in [1.54, 1.807) is 21.1 Å². The molecule has 1 aromatic heterocycles. The van der Waals surface area contributed by atoms with Crippen LogP contribution in [0.15, 0.2) is 22.7 Å². The second-order valence-corrected chi connectivity index (χ2v) is 6.18. The predicted octanol–water partition coefficient (Wildman–Crippen LogP) is 2.49. The van der Waals surface area contributed by atoms with Gasteiger partial charge in [-0.2, -0.15) is 4.98 Å². The van der Waals surface area contributed by atoms with Crippen LogP contribution in [0.1, 0.15) is 37.0 Å².